The zero-order chi connectivity index (χ0) is 13.9. The number of rotatable bonds is 3. The van der Waals surface area contributed by atoms with Crippen molar-refractivity contribution in [3.63, 3.8) is 0 Å². The summed E-state index contributed by atoms with van der Waals surface area (Å²) in [6, 6.07) is 15.6. The lowest BCUT2D eigenvalue weighted by atomic mass is 10.0. The fourth-order valence-corrected chi connectivity index (χ4v) is 3.70. The molecule has 0 bridgehead atoms. The van der Waals surface area contributed by atoms with Gasteiger partial charge in [-0.2, -0.15) is 0 Å². The van der Waals surface area contributed by atoms with Gasteiger partial charge < -0.3 is 14.8 Å². The van der Waals surface area contributed by atoms with Crippen molar-refractivity contribution in [2.45, 2.75) is 16.2 Å². The number of hydrogen-bond acceptors (Lipinski definition) is 4. The molecule has 0 aromatic heterocycles. The monoisotopic (exact) mass is 285 g/mol. The maximum atomic E-state index is 11.4. The molecule has 1 aliphatic rings. The van der Waals surface area contributed by atoms with E-state index in [9.17, 15) is 4.79 Å². The number of fused-ring (bicyclic) bond motifs is 1. The van der Waals surface area contributed by atoms with Crippen LogP contribution < -0.4 is 10.1 Å². The zero-order valence-electron chi connectivity index (χ0n) is 11.1. The van der Waals surface area contributed by atoms with Crippen molar-refractivity contribution < 1.29 is 9.53 Å². The first kappa shape index (κ1) is 13.1. The fourth-order valence-electron chi connectivity index (χ4n) is 2.42. The van der Waals surface area contributed by atoms with E-state index in [1.54, 1.807) is 18.9 Å². The molecule has 2 atom stereocenters. The highest BCUT2D eigenvalue weighted by Crippen LogP contribution is 2.47. The fraction of sp³-hybridized carbons (Fsp3) is 0.188. The van der Waals surface area contributed by atoms with Crippen molar-refractivity contribution in [1.29, 1.82) is 0 Å². The minimum atomic E-state index is -0.258. The van der Waals surface area contributed by atoms with E-state index in [-0.39, 0.29) is 11.3 Å². The molecule has 1 N–H and O–H groups in total. The summed E-state index contributed by atoms with van der Waals surface area (Å²) in [6.45, 7) is 0. The Morgan fingerprint density at radius 3 is 2.70 bits per heavy atom. The van der Waals surface area contributed by atoms with Crippen LogP contribution in [-0.2, 0) is 4.79 Å². The van der Waals surface area contributed by atoms with Crippen LogP contribution in [0.2, 0.25) is 0 Å². The largest absolute Gasteiger partial charge is 0.496 e. The Morgan fingerprint density at radius 2 is 1.90 bits per heavy atom. The first-order chi connectivity index (χ1) is 9.83. The second kappa shape index (κ2) is 5.59. The van der Waals surface area contributed by atoms with Gasteiger partial charge in [-0.25, -0.2) is 0 Å². The molecule has 0 saturated heterocycles. The molecule has 102 valence electrons. The molecule has 0 radical (unpaired) electrons. The predicted octanol–water partition coefficient (Wildman–Crippen LogP) is 3.52. The normalized spacial score (nSPS) is 20.6. The van der Waals surface area contributed by atoms with Gasteiger partial charge in [0.25, 0.3) is 0 Å². The Balaban J connectivity index is 2.02. The third-order valence-corrected chi connectivity index (χ3v) is 4.79. The molecule has 0 fully saturated rings. The number of carbonyl (C=O) groups is 1. The van der Waals surface area contributed by atoms with Gasteiger partial charge in [-0.05, 0) is 18.2 Å². The second-order valence-corrected chi connectivity index (χ2v) is 5.77. The van der Waals surface area contributed by atoms with Gasteiger partial charge in [-0.3, -0.25) is 0 Å². The van der Waals surface area contributed by atoms with E-state index in [1.165, 1.54) is 0 Å². The number of para-hydroxylation sites is 2. The van der Waals surface area contributed by atoms with Crippen molar-refractivity contribution in [2.24, 2.45) is 0 Å². The molecule has 2 unspecified atom stereocenters. The average molecular weight is 285 g/mol. The van der Waals surface area contributed by atoms with Crippen LogP contribution in [0.4, 0.5) is 5.69 Å². The molecule has 1 aliphatic heterocycles. The molecule has 0 saturated carbocycles. The standard InChI is InChI=1S/C16H15NO2S/c1-19-14-8-4-2-6-11(14)16-13(10-18)17-12-7-3-5-9-15(12)20-16/h2-10,13,16-17H,1H3. The number of ether oxygens (including phenoxy) is 1. The molecule has 0 spiro atoms. The quantitative estimate of drug-likeness (QED) is 0.876. The van der Waals surface area contributed by atoms with Gasteiger partial charge in [0.15, 0.2) is 0 Å². The van der Waals surface area contributed by atoms with E-state index in [1.807, 2.05) is 42.5 Å². The Morgan fingerprint density at radius 1 is 1.15 bits per heavy atom. The SMILES string of the molecule is COc1ccccc1C1Sc2ccccc2NC1C=O. The minimum absolute atomic E-state index is 0.0125. The molecule has 2 aromatic rings. The average Bonchev–Trinajstić information content (AvgIpc) is 2.53. The lowest BCUT2D eigenvalue weighted by Crippen LogP contribution is -2.30. The van der Waals surface area contributed by atoms with E-state index >= 15 is 0 Å². The van der Waals surface area contributed by atoms with Crippen LogP contribution in [0, 0.1) is 0 Å². The van der Waals surface area contributed by atoms with Crippen molar-refractivity contribution in [3.8, 4) is 5.75 Å². The molecule has 0 aliphatic carbocycles. The van der Waals surface area contributed by atoms with Crippen LogP contribution in [0.3, 0.4) is 0 Å². The summed E-state index contributed by atoms with van der Waals surface area (Å²) in [6.07, 6.45) is 0.972. The summed E-state index contributed by atoms with van der Waals surface area (Å²) in [4.78, 5) is 12.6. The second-order valence-electron chi connectivity index (χ2n) is 4.58. The molecular formula is C16H15NO2S. The van der Waals surface area contributed by atoms with E-state index in [2.05, 4.69) is 11.4 Å². The number of benzene rings is 2. The molecular weight excluding hydrogens is 270 g/mol. The van der Waals surface area contributed by atoms with Crippen LogP contribution >= 0.6 is 11.8 Å². The van der Waals surface area contributed by atoms with E-state index in [0.717, 1.165) is 28.2 Å². The summed E-state index contributed by atoms with van der Waals surface area (Å²) in [7, 11) is 1.66. The number of thioether (sulfide) groups is 1. The first-order valence-corrected chi connectivity index (χ1v) is 7.32. The maximum Gasteiger partial charge on any atom is 0.143 e. The van der Waals surface area contributed by atoms with Crippen molar-refractivity contribution in [1.82, 2.24) is 0 Å². The highest BCUT2D eigenvalue weighted by molar-refractivity contribution is 7.99. The van der Waals surface area contributed by atoms with Gasteiger partial charge >= 0.3 is 0 Å². The minimum Gasteiger partial charge on any atom is -0.496 e. The van der Waals surface area contributed by atoms with E-state index in [4.69, 9.17) is 4.74 Å². The molecule has 4 heteroatoms. The van der Waals surface area contributed by atoms with Crippen molar-refractivity contribution in [3.05, 3.63) is 54.1 Å². The summed E-state index contributed by atoms with van der Waals surface area (Å²) in [5, 5.41) is 3.31. The van der Waals surface area contributed by atoms with Gasteiger partial charge in [0.05, 0.1) is 18.4 Å². The summed E-state index contributed by atoms with van der Waals surface area (Å²) in [5.74, 6) is 0.818. The van der Waals surface area contributed by atoms with Gasteiger partial charge in [-0.1, -0.05) is 30.3 Å². The number of hydrogen-bond donors (Lipinski definition) is 1. The smallest absolute Gasteiger partial charge is 0.143 e. The van der Waals surface area contributed by atoms with Crippen molar-refractivity contribution >= 4 is 23.7 Å². The van der Waals surface area contributed by atoms with Gasteiger partial charge in [0.2, 0.25) is 0 Å². The number of carbonyl (C=O) groups excluding carboxylic acids is 1. The summed E-state index contributed by atoms with van der Waals surface area (Å²) >= 11 is 1.70. The topological polar surface area (TPSA) is 38.3 Å². The summed E-state index contributed by atoms with van der Waals surface area (Å²) < 4.78 is 5.42. The van der Waals surface area contributed by atoms with Crippen LogP contribution in [0.25, 0.3) is 0 Å². The Hall–Kier alpha value is -1.94. The van der Waals surface area contributed by atoms with E-state index in [0.29, 0.717) is 0 Å². The molecule has 2 aromatic carbocycles. The van der Waals surface area contributed by atoms with Crippen molar-refractivity contribution in [2.75, 3.05) is 12.4 Å². The number of methoxy groups -OCH3 is 1. The van der Waals surface area contributed by atoms with Crippen LogP contribution in [0.5, 0.6) is 5.75 Å². The Labute approximate surface area is 122 Å². The van der Waals surface area contributed by atoms with Gasteiger partial charge in [0, 0.05) is 16.1 Å². The molecule has 0 amide bonds. The Bertz CT molecular complexity index is 629. The van der Waals surface area contributed by atoms with Crippen LogP contribution in [-0.4, -0.2) is 19.4 Å². The molecule has 3 nitrogen and oxygen atoms in total. The Kier molecular flexibility index (Phi) is 3.65. The predicted molar refractivity (Wildman–Crippen MR) is 81.5 cm³/mol. The number of anilines is 1. The third-order valence-electron chi connectivity index (χ3n) is 3.38. The molecule has 1 heterocycles. The maximum absolute atomic E-state index is 11.4. The van der Waals surface area contributed by atoms with Crippen LogP contribution in [0.1, 0.15) is 10.8 Å². The number of aldehydes is 1. The van der Waals surface area contributed by atoms with Gasteiger partial charge in [0.1, 0.15) is 12.0 Å². The lowest BCUT2D eigenvalue weighted by molar-refractivity contribution is -0.108. The highest BCUT2D eigenvalue weighted by Gasteiger charge is 2.31. The molecule has 20 heavy (non-hydrogen) atoms. The van der Waals surface area contributed by atoms with E-state index < -0.39 is 0 Å². The lowest BCUT2D eigenvalue weighted by Gasteiger charge is -2.31. The number of nitrogens with one attached hydrogen (secondary N) is 1. The molecule has 3 rings (SSSR count). The third kappa shape index (κ3) is 2.27. The first-order valence-electron chi connectivity index (χ1n) is 6.44. The van der Waals surface area contributed by atoms with Gasteiger partial charge in [-0.15, -0.1) is 11.8 Å². The van der Waals surface area contributed by atoms with Crippen LogP contribution in [0.15, 0.2) is 53.4 Å². The summed E-state index contributed by atoms with van der Waals surface area (Å²) in [5.41, 5.74) is 2.06. The zero-order valence-corrected chi connectivity index (χ0v) is 11.9. The highest BCUT2D eigenvalue weighted by atomic mass is 32.2.